The minimum absolute atomic E-state index is 0.0843. The van der Waals surface area contributed by atoms with Crippen LogP contribution in [0.1, 0.15) is 27.7 Å². The SMILES string of the molecule is CC(C)CN(C(C)C)C1CS(=O)(=O)CC1O. The molecule has 4 nitrogen and oxygen atoms in total. The normalized spacial score (nSPS) is 29.5. The van der Waals surface area contributed by atoms with Gasteiger partial charge in [0.15, 0.2) is 9.84 Å². The number of hydrogen-bond acceptors (Lipinski definition) is 4. The minimum atomic E-state index is -3.05. The molecule has 0 aromatic heterocycles. The van der Waals surface area contributed by atoms with Crippen molar-refractivity contribution >= 4 is 9.84 Å². The highest BCUT2D eigenvalue weighted by Crippen LogP contribution is 2.21. The Morgan fingerprint density at radius 2 is 1.81 bits per heavy atom. The number of sulfone groups is 1. The van der Waals surface area contributed by atoms with Crippen molar-refractivity contribution in [1.82, 2.24) is 4.90 Å². The van der Waals surface area contributed by atoms with Gasteiger partial charge >= 0.3 is 0 Å². The maximum atomic E-state index is 11.5. The van der Waals surface area contributed by atoms with E-state index in [1.807, 2.05) is 13.8 Å². The molecule has 0 radical (unpaired) electrons. The standard InChI is InChI=1S/C11H23NO3S/c1-8(2)5-12(9(3)4)10-6-16(14,15)7-11(10)13/h8-11,13H,5-7H2,1-4H3. The predicted octanol–water partition coefficient (Wildman–Crippen LogP) is 0.511. The van der Waals surface area contributed by atoms with Crippen LogP contribution in [0, 0.1) is 5.92 Å². The lowest BCUT2D eigenvalue weighted by molar-refractivity contribution is 0.0552. The highest BCUT2D eigenvalue weighted by atomic mass is 32.2. The molecule has 0 amide bonds. The summed E-state index contributed by atoms with van der Waals surface area (Å²) in [7, 11) is -3.05. The molecule has 0 aromatic rings. The van der Waals surface area contributed by atoms with Gasteiger partial charge in [0.2, 0.25) is 0 Å². The van der Waals surface area contributed by atoms with Gasteiger partial charge < -0.3 is 5.11 Å². The second-order valence-electron chi connectivity index (χ2n) is 5.40. The van der Waals surface area contributed by atoms with E-state index in [9.17, 15) is 13.5 Å². The van der Waals surface area contributed by atoms with E-state index in [2.05, 4.69) is 18.7 Å². The van der Waals surface area contributed by atoms with E-state index >= 15 is 0 Å². The van der Waals surface area contributed by atoms with Crippen LogP contribution in [-0.4, -0.2) is 54.7 Å². The van der Waals surface area contributed by atoms with Crippen molar-refractivity contribution in [2.24, 2.45) is 5.92 Å². The monoisotopic (exact) mass is 249 g/mol. The first kappa shape index (κ1) is 13.9. The highest BCUT2D eigenvalue weighted by Gasteiger charge is 2.40. The molecule has 16 heavy (non-hydrogen) atoms. The Kier molecular flexibility index (Phi) is 4.37. The number of rotatable bonds is 4. The second kappa shape index (κ2) is 5.02. The van der Waals surface area contributed by atoms with Crippen LogP contribution in [0.5, 0.6) is 0 Å². The van der Waals surface area contributed by atoms with Crippen LogP contribution in [0.3, 0.4) is 0 Å². The van der Waals surface area contributed by atoms with Gasteiger partial charge in [0.05, 0.1) is 23.7 Å². The van der Waals surface area contributed by atoms with Crippen LogP contribution in [0.2, 0.25) is 0 Å². The first-order valence-electron chi connectivity index (χ1n) is 5.87. The van der Waals surface area contributed by atoms with E-state index in [1.54, 1.807) is 0 Å². The molecule has 1 rings (SSSR count). The molecule has 0 spiro atoms. The minimum Gasteiger partial charge on any atom is -0.390 e. The molecule has 96 valence electrons. The zero-order chi connectivity index (χ0) is 12.5. The molecule has 2 atom stereocenters. The summed E-state index contributed by atoms with van der Waals surface area (Å²) >= 11 is 0. The third-order valence-electron chi connectivity index (χ3n) is 2.96. The van der Waals surface area contributed by atoms with Crippen molar-refractivity contribution < 1.29 is 13.5 Å². The molecule has 0 aromatic carbocycles. The maximum Gasteiger partial charge on any atom is 0.154 e. The Bertz CT molecular complexity index is 324. The van der Waals surface area contributed by atoms with Gasteiger partial charge in [-0.2, -0.15) is 0 Å². The topological polar surface area (TPSA) is 57.6 Å². The summed E-state index contributed by atoms with van der Waals surface area (Å²) in [5.74, 6) is 0.482. The van der Waals surface area contributed by atoms with Gasteiger partial charge in [-0.25, -0.2) is 8.42 Å². The molecule has 0 bridgehead atoms. The molecular weight excluding hydrogens is 226 g/mol. The van der Waals surface area contributed by atoms with Crippen molar-refractivity contribution in [2.45, 2.75) is 45.9 Å². The largest absolute Gasteiger partial charge is 0.390 e. The quantitative estimate of drug-likeness (QED) is 0.789. The lowest BCUT2D eigenvalue weighted by Gasteiger charge is -2.34. The Morgan fingerprint density at radius 3 is 2.12 bits per heavy atom. The molecular formula is C11H23NO3S. The molecule has 1 aliphatic heterocycles. The first-order chi connectivity index (χ1) is 7.23. The fraction of sp³-hybridized carbons (Fsp3) is 1.00. The van der Waals surface area contributed by atoms with Crippen molar-refractivity contribution in [1.29, 1.82) is 0 Å². The van der Waals surface area contributed by atoms with Gasteiger partial charge in [0.25, 0.3) is 0 Å². The zero-order valence-corrected chi connectivity index (χ0v) is 11.4. The van der Waals surface area contributed by atoms with E-state index in [0.717, 1.165) is 6.54 Å². The number of nitrogens with zero attached hydrogens (tertiary/aromatic N) is 1. The van der Waals surface area contributed by atoms with Crippen molar-refractivity contribution in [3.05, 3.63) is 0 Å². The van der Waals surface area contributed by atoms with Gasteiger partial charge in [-0.05, 0) is 19.8 Å². The summed E-state index contributed by atoms with van der Waals surface area (Å²) < 4.78 is 23.0. The van der Waals surface area contributed by atoms with Crippen molar-refractivity contribution in [3.63, 3.8) is 0 Å². The van der Waals surface area contributed by atoms with Crippen LogP contribution in [0.15, 0.2) is 0 Å². The van der Waals surface area contributed by atoms with E-state index in [4.69, 9.17) is 0 Å². The number of aliphatic hydroxyl groups excluding tert-OH is 1. The molecule has 0 saturated carbocycles. The van der Waals surface area contributed by atoms with Gasteiger partial charge in [-0.1, -0.05) is 13.8 Å². The summed E-state index contributed by atoms with van der Waals surface area (Å²) in [6.45, 7) is 9.12. The fourth-order valence-corrected chi connectivity index (χ4v) is 4.09. The Balaban J connectivity index is 2.80. The highest BCUT2D eigenvalue weighted by molar-refractivity contribution is 7.91. The van der Waals surface area contributed by atoms with E-state index in [-0.39, 0.29) is 23.6 Å². The molecule has 0 aliphatic carbocycles. The van der Waals surface area contributed by atoms with Gasteiger partial charge in [-0.15, -0.1) is 0 Å². The zero-order valence-electron chi connectivity index (χ0n) is 10.5. The fourth-order valence-electron chi connectivity index (χ4n) is 2.28. The summed E-state index contributed by atoms with van der Waals surface area (Å²) in [5.41, 5.74) is 0. The third-order valence-corrected chi connectivity index (χ3v) is 4.66. The van der Waals surface area contributed by atoms with E-state index in [1.165, 1.54) is 0 Å². The Morgan fingerprint density at radius 1 is 1.25 bits per heavy atom. The lowest BCUT2D eigenvalue weighted by atomic mass is 10.1. The van der Waals surface area contributed by atoms with Crippen LogP contribution in [0.25, 0.3) is 0 Å². The molecule has 1 heterocycles. The van der Waals surface area contributed by atoms with E-state index < -0.39 is 15.9 Å². The first-order valence-corrected chi connectivity index (χ1v) is 7.69. The lowest BCUT2D eigenvalue weighted by Crippen LogP contribution is -2.48. The maximum absolute atomic E-state index is 11.5. The van der Waals surface area contributed by atoms with Crippen molar-refractivity contribution in [3.8, 4) is 0 Å². The summed E-state index contributed by atoms with van der Waals surface area (Å²) in [6.07, 6.45) is -0.730. The van der Waals surface area contributed by atoms with E-state index in [0.29, 0.717) is 5.92 Å². The smallest absolute Gasteiger partial charge is 0.154 e. The Labute approximate surface area is 98.6 Å². The van der Waals surface area contributed by atoms with Gasteiger partial charge in [-0.3, -0.25) is 4.90 Å². The van der Waals surface area contributed by atoms with Crippen LogP contribution < -0.4 is 0 Å². The summed E-state index contributed by atoms with van der Waals surface area (Å²) in [6, 6.07) is 0.0303. The average molecular weight is 249 g/mol. The van der Waals surface area contributed by atoms with Gasteiger partial charge in [0.1, 0.15) is 0 Å². The van der Waals surface area contributed by atoms with Crippen LogP contribution in [0.4, 0.5) is 0 Å². The van der Waals surface area contributed by atoms with Gasteiger partial charge in [0, 0.05) is 12.6 Å². The molecule has 5 heteroatoms. The summed E-state index contributed by atoms with van der Waals surface area (Å²) in [4.78, 5) is 2.11. The number of aliphatic hydroxyl groups is 1. The molecule has 2 unspecified atom stereocenters. The van der Waals surface area contributed by atoms with Crippen LogP contribution in [-0.2, 0) is 9.84 Å². The average Bonchev–Trinajstić information content (AvgIpc) is 2.34. The molecule has 1 saturated heterocycles. The predicted molar refractivity (Wildman–Crippen MR) is 65.1 cm³/mol. The van der Waals surface area contributed by atoms with Crippen LogP contribution >= 0.6 is 0 Å². The summed E-state index contributed by atoms with van der Waals surface area (Å²) in [5, 5.41) is 9.84. The third kappa shape index (κ3) is 3.43. The molecule has 1 fully saturated rings. The Hall–Kier alpha value is -0.130. The molecule has 1 aliphatic rings. The molecule has 1 N–H and O–H groups in total. The number of hydrogen-bond donors (Lipinski definition) is 1. The van der Waals surface area contributed by atoms with Crippen molar-refractivity contribution in [2.75, 3.05) is 18.1 Å². The second-order valence-corrected chi connectivity index (χ2v) is 7.55.